The van der Waals surface area contributed by atoms with Crippen LogP contribution >= 0.6 is 11.6 Å². The van der Waals surface area contributed by atoms with E-state index in [1.165, 1.54) is 5.56 Å². The van der Waals surface area contributed by atoms with E-state index < -0.39 is 12.1 Å². The Labute approximate surface area is 124 Å². The zero-order chi connectivity index (χ0) is 14.7. The summed E-state index contributed by atoms with van der Waals surface area (Å²) in [5.41, 5.74) is 1.18. The van der Waals surface area contributed by atoms with Crippen LogP contribution in [-0.2, 0) is 9.53 Å². The van der Waals surface area contributed by atoms with Gasteiger partial charge < -0.3 is 9.84 Å². The lowest BCUT2D eigenvalue weighted by molar-refractivity contribution is -0.149. The fraction of sp³-hybridized carbons (Fsp3) is 0.533. The fourth-order valence-electron chi connectivity index (χ4n) is 2.50. The summed E-state index contributed by atoms with van der Waals surface area (Å²) in [6, 6.07) is 8.03. The summed E-state index contributed by atoms with van der Waals surface area (Å²) in [5.74, 6) is -0.860. The summed E-state index contributed by atoms with van der Waals surface area (Å²) in [7, 11) is 2.02. The van der Waals surface area contributed by atoms with Crippen LogP contribution in [0.15, 0.2) is 24.3 Å². The third-order valence-corrected chi connectivity index (χ3v) is 4.14. The number of nitrogens with zero attached hydrogens (tertiary/aromatic N) is 1. The maximum Gasteiger partial charge on any atom is 0.332 e. The van der Waals surface area contributed by atoms with Gasteiger partial charge in [0.1, 0.15) is 0 Å². The monoisotopic (exact) mass is 297 g/mol. The van der Waals surface area contributed by atoms with Crippen molar-refractivity contribution in [3.8, 4) is 0 Å². The molecule has 0 radical (unpaired) electrons. The van der Waals surface area contributed by atoms with Crippen molar-refractivity contribution in [1.82, 2.24) is 4.90 Å². The quantitative estimate of drug-likeness (QED) is 0.908. The minimum atomic E-state index is -0.860. The van der Waals surface area contributed by atoms with Gasteiger partial charge in [-0.25, -0.2) is 4.79 Å². The van der Waals surface area contributed by atoms with E-state index in [-0.39, 0.29) is 12.1 Å². The van der Waals surface area contributed by atoms with Crippen molar-refractivity contribution < 1.29 is 14.6 Å². The number of likely N-dealkylation sites (N-methyl/N-ethyl adjacent to an activating group) is 1. The number of rotatable bonds is 5. The molecule has 1 aromatic rings. The van der Waals surface area contributed by atoms with E-state index in [2.05, 4.69) is 11.8 Å². The van der Waals surface area contributed by atoms with Crippen LogP contribution in [0.3, 0.4) is 0 Å². The van der Waals surface area contributed by atoms with Gasteiger partial charge in [0.25, 0.3) is 0 Å². The van der Waals surface area contributed by atoms with E-state index in [4.69, 9.17) is 21.4 Å². The Kier molecular flexibility index (Phi) is 5.02. The van der Waals surface area contributed by atoms with Gasteiger partial charge in [-0.3, -0.25) is 4.90 Å². The molecule has 0 spiro atoms. The molecule has 3 unspecified atom stereocenters. The summed E-state index contributed by atoms with van der Waals surface area (Å²) < 4.78 is 5.54. The molecule has 110 valence electrons. The lowest BCUT2D eigenvalue weighted by atomic mass is 10.1. The van der Waals surface area contributed by atoms with Crippen molar-refractivity contribution in [2.75, 3.05) is 13.6 Å². The molecular weight excluding hydrogens is 278 g/mol. The first-order valence-electron chi connectivity index (χ1n) is 6.81. The van der Waals surface area contributed by atoms with Crippen LogP contribution in [0.5, 0.6) is 0 Å². The summed E-state index contributed by atoms with van der Waals surface area (Å²) in [4.78, 5) is 13.0. The fourth-order valence-corrected chi connectivity index (χ4v) is 2.62. The number of carbonyl (C=O) groups is 1. The number of benzene rings is 1. The molecule has 0 aromatic heterocycles. The highest BCUT2D eigenvalue weighted by atomic mass is 35.5. The van der Waals surface area contributed by atoms with Gasteiger partial charge in [-0.1, -0.05) is 23.7 Å². The van der Waals surface area contributed by atoms with Crippen LogP contribution in [0.2, 0.25) is 5.02 Å². The number of ether oxygens (including phenoxy) is 1. The SMILES string of the molecule is CC(c1ccc(Cl)cc1)N(C)CC1CCC(C(=O)O)O1. The molecule has 3 atom stereocenters. The van der Waals surface area contributed by atoms with Gasteiger partial charge in [0.2, 0.25) is 0 Å². The van der Waals surface area contributed by atoms with Crippen molar-refractivity contribution >= 4 is 17.6 Å². The number of halogens is 1. The lowest BCUT2D eigenvalue weighted by Gasteiger charge is -2.27. The van der Waals surface area contributed by atoms with Crippen molar-refractivity contribution in [2.24, 2.45) is 0 Å². The molecule has 5 heteroatoms. The molecule has 1 heterocycles. The summed E-state index contributed by atoms with van der Waals surface area (Å²) in [6.07, 6.45) is 0.757. The molecule has 1 aromatic carbocycles. The van der Waals surface area contributed by atoms with E-state index in [1.807, 2.05) is 31.3 Å². The molecular formula is C15H20ClNO3. The zero-order valence-corrected chi connectivity index (χ0v) is 12.5. The van der Waals surface area contributed by atoms with Crippen LogP contribution in [0.25, 0.3) is 0 Å². The number of hydrogen-bond acceptors (Lipinski definition) is 3. The minimum Gasteiger partial charge on any atom is -0.479 e. The number of hydrogen-bond donors (Lipinski definition) is 1. The van der Waals surface area contributed by atoms with Crippen LogP contribution < -0.4 is 0 Å². The molecule has 1 aliphatic heterocycles. The first kappa shape index (κ1) is 15.3. The number of carboxylic acid groups (broad SMARTS) is 1. The first-order valence-corrected chi connectivity index (χ1v) is 7.19. The van der Waals surface area contributed by atoms with Crippen molar-refractivity contribution in [3.05, 3.63) is 34.9 Å². The van der Waals surface area contributed by atoms with E-state index in [0.29, 0.717) is 6.42 Å². The average molecular weight is 298 g/mol. The van der Waals surface area contributed by atoms with Gasteiger partial charge >= 0.3 is 5.97 Å². The van der Waals surface area contributed by atoms with Crippen molar-refractivity contribution in [2.45, 2.75) is 38.0 Å². The maximum absolute atomic E-state index is 10.9. The minimum absolute atomic E-state index is 0.00384. The molecule has 0 amide bonds. The molecule has 1 fully saturated rings. The molecule has 1 saturated heterocycles. The van der Waals surface area contributed by atoms with E-state index in [1.54, 1.807) is 0 Å². The van der Waals surface area contributed by atoms with Crippen LogP contribution in [0, 0.1) is 0 Å². The van der Waals surface area contributed by atoms with Crippen LogP contribution in [-0.4, -0.2) is 41.8 Å². The summed E-state index contributed by atoms with van der Waals surface area (Å²) in [6.45, 7) is 2.85. The van der Waals surface area contributed by atoms with Gasteiger partial charge in [-0.05, 0) is 44.5 Å². The van der Waals surface area contributed by atoms with E-state index in [0.717, 1.165) is 18.0 Å². The third kappa shape index (κ3) is 3.72. The van der Waals surface area contributed by atoms with Crippen molar-refractivity contribution in [3.63, 3.8) is 0 Å². The highest BCUT2D eigenvalue weighted by Crippen LogP contribution is 2.25. The first-order chi connectivity index (χ1) is 9.47. The predicted octanol–water partition coefficient (Wildman–Crippen LogP) is 2.97. The Morgan fingerprint density at radius 2 is 2.10 bits per heavy atom. The zero-order valence-electron chi connectivity index (χ0n) is 11.8. The standard InChI is InChI=1S/C15H20ClNO3/c1-10(11-3-5-12(16)6-4-11)17(2)9-13-7-8-14(20-13)15(18)19/h3-6,10,13-14H,7-9H2,1-2H3,(H,18,19). The topological polar surface area (TPSA) is 49.8 Å². The second-order valence-electron chi connectivity index (χ2n) is 5.33. The Hall–Kier alpha value is -1.10. The smallest absolute Gasteiger partial charge is 0.332 e. The highest BCUT2D eigenvalue weighted by Gasteiger charge is 2.31. The van der Waals surface area contributed by atoms with Gasteiger partial charge in [0.15, 0.2) is 6.10 Å². The largest absolute Gasteiger partial charge is 0.479 e. The molecule has 1 N–H and O–H groups in total. The van der Waals surface area contributed by atoms with E-state index in [9.17, 15) is 4.79 Å². The highest BCUT2D eigenvalue weighted by molar-refractivity contribution is 6.30. The number of carboxylic acids is 1. The average Bonchev–Trinajstić information content (AvgIpc) is 2.87. The Balaban J connectivity index is 1.90. The van der Waals surface area contributed by atoms with Gasteiger partial charge in [0.05, 0.1) is 6.10 Å². The number of aliphatic carboxylic acids is 1. The van der Waals surface area contributed by atoms with Gasteiger partial charge in [-0.2, -0.15) is 0 Å². The Bertz CT molecular complexity index is 463. The third-order valence-electron chi connectivity index (χ3n) is 3.89. The summed E-state index contributed by atoms with van der Waals surface area (Å²) in [5, 5.41) is 9.66. The molecule has 4 nitrogen and oxygen atoms in total. The maximum atomic E-state index is 10.9. The van der Waals surface area contributed by atoms with Gasteiger partial charge in [-0.15, -0.1) is 0 Å². The van der Waals surface area contributed by atoms with Gasteiger partial charge in [0, 0.05) is 17.6 Å². The summed E-state index contributed by atoms with van der Waals surface area (Å²) >= 11 is 5.89. The predicted molar refractivity (Wildman–Crippen MR) is 78.0 cm³/mol. The lowest BCUT2D eigenvalue weighted by Crippen LogP contribution is -2.32. The molecule has 20 heavy (non-hydrogen) atoms. The Morgan fingerprint density at radius 3 is 2.65 bits per heavy atom. The molecule has 0 saturated carbocycles. The molecule has 1 aliphatic rings. The molecule has 0 bridgehead atoms. The second-order valence-corrected chi connectivity index (χ2v) is 5.77. The van der Waals surface area contributed by atoms with E-state index >= 15 is 0 Å². The van der Waals surface area contributed by atoms with Crippen LogP contribution in [0.1, 0.15) is 31.4 Å². The van der Waals surface area contributed by atoms with Crippen LogP contribution in [0.4, 0.5) is 0 Å². The molecule has 0 aliphatic carbocycles. The van der Waals surface area contributed by atoms with Crippen molar-refractivity contribution in [1.29, 1.82) is 0 Å². The second kappa shape index (κ2) is 6.57. The normalized spacial score (nSPS) is 24.0. The Morgan fingerprint density at radius 1 is 1.45 bits per heavy atom. The molecule has 2 rings (SSSR count).